The van der Waals surface area contributed by atoms with E-state index in [9.17, 15) is 22.8 Å². The van der Waals surface area contributed by atoms with Crippen molar-refractivity contribution in [2.45, 2.75) is 30.1 Å². The van der Waals surface area contributed by atoms with Gasteiger partial charge in [-0.2, -0.15) is 13.2 Å². The quantitative estimate of drug-likeness (QED) is 0.387. The number of methoxy groups -OCH3 is 2. The van der Waals surface area contributed by atoms with Gasteiger partial charge in [0.25, 0.3) is 5.60 Å². The summed E-state index contributed by atoms with van der Waals surface area (Å²) in [5.41, 5.74) is -3.23. The first kappa shape index (κ1) is 26.4. The molecule has 1 aliphatic heterocycles. The average molecular weight is 494 g/mol. The molecule has 0 aromatic heterocycles. The molecule has 35 heavy (non-hydrogen) atoms. The van der Waals surface area contributed by atoms with E-state index >= 15 is 0 Å². The molecule has 0 unspecified atom stereocenters. The highest BCUT2D eigenvalue weighted by molar-refractivity contribution is 5.83. The summed E-state index contributed by atoms with van der Waals surface area (Å²) in [5, 5.41) is 0. The van der Waals surface area contributed by atoms with Gasteiger partial charge in [-0.3, -0.25) is 0 Å². The Labute approximate surface area is 200 Å². The van der Waals surface area contributed by atoms with Gasteiger partial charge in [-0.05, 0) is 11.6 Å². The topological polar surface area (TPSA) is 80.3 Å². The molecular weight excluding hydrogens is 469 g/mol. The number of halogens is 3. The van der Waals surface area contributed by atoms with E-state index in [1.54, 1.807) is 30.3 Å². The molecule has 0 spiro atoms. The molecule has 7 nitrogen and oxygen atoms in total. The Balaban J connectivity index is 1.75. The molecule has 0 N–H and O–H groups in total. The van der Waals surface area contributed by atoms with E-state index in [1.165, 1.54) is 37.5 Å². The van der Waals surface area contributed by atoms with Crippen LogP contribution in [0.25, 0.3) is 0 Å². The Bertz CT molecular complexity index is 1010. The summed E-state index contributed by atoms with van der Waals surface area (Å²) in [4.78, 5) is 25.5. The highest BCUT2D eigenvalue weighted by Gasteiger charge is 2.64. The first-order chi connectivity index (χ1) is 16.7. The first-order valence-electron chi connectivity index (χ1n) is 10.7. The van der Waals surface area contributed by atoms with Crippen LogP contribution in [0.5, 0.6) is 0 Å². The molecule has 3 rings (SSSR count). The molecule has 2 aromatic rings. The van der Waals surface area contributed by atoms with Crippen molar-refractivity contribution in [2.75, 3.05) is 27.4 Å². The number of carbonyl (C=O) groups is 2. The number of hydrogen-bond donors (Lipinski definition) is 0. The molecule has 0 radical (unpaired) electrons. The van der Waals surface area contributed by atoms with Gasteiger partial charge >= 0.3 is 18.1 Å². The van der Waals surface area contributed by atoms with Crippen LogP contribution in [0.4, 0.5) is 13.2 Å². The highest BCUT2D eigenvalue weighted by atomic mass is 19.4. The molecule has 0 amide bonds. The minimum absolute atomic E-state index is 0.0933. The largest absolute Gasteiger partial charge is 0.461 e. The summed E-state index contributed by atoms with van der Waals surface area (Å²) < 4.78 is 68.4. The van der Waals surface area contributed by atoms with Crippen LogP contribution in [0, 0.1) is 0 Å². The van der Waals surface area contributed by atoms with E-state index < -0.39 is 47.6 Å². The van der Waals surface area contributed by atoms with Crippen molar-refractivity contribution in [2.24, 2.45) is 0 Å². The van der Waals surface area contributed by atoms with Crippen molar-refractivity contribution < 1.29 is 46.4 Å². The minimum atomic E-state index is -5.12. The lowest BCUT2D eigenvalue weighted by Crippen LogP contribution is -2.53. The Kier molecular flexibility index (Phi) is 8.66. The lowest BCUT2D eigenvalue weighted by Gasteiger charge is -2.35. The molecule has 0 bridgehead atoms. The standard InChI is InChI=1S/C25H25F3O7/c1-31-21(17-10-5-3-6-11-17)22(29)34-16-20-19(14-9-15-33-20)35-23(30)24(32-2,25(26,27)28)18-12-7-4-8-13-18/h3-14,19-21H,15-16H2,1-2H3/t19-,20+,21+,24+/m1/s1. The van der Waals surface area contributed by atoms with E-state index in [0.29, 0.717) is 5.56 Å². The van der Waals surface area contributed by atoms with Gasteiger partial charge in [0.05, 0.1) is 6.61 Å². The number of ether oxygens (including phenoxy) is 5. The second-order valence-electron chi connectivity index (χ2n) is 7.58. The SMILES string of the molecule is CO[C@H](C(=O)OC[C@@H]1OCC=C[C@H]1OC(=O)[C@@](OC)(c1ccccc1)C(F)(F)F)c1ccccc1. The summed E-state index contributed by atoms with van der Waals surface area (Å²) in [6.45, 7) is -0.290. The monoisotopic (exact) mass is 494 g/mol. The molecule has 4 atom stereocenters. The van der Waals surface area contributed by atoms with Gasteiger partial charge in [-0.15, -0.1) is 0 Å². The number of esters is 2. The Morgan fingerprint density at radius 2 is 1.66 bits per heavy atom. The summed E-state index contributed by atoms with van der Waals surface area (Å²) in [7, 11) is 2.12. The molecule has 0 saturated carbocycles. The van der Waals surface area contributed by atoms with E-state index in [2.05, 4.69) is 0 Å². The maximum absolute atomic E-state index is 14.1. The number of rotatable bonds is 9. The third kappa shape index (κ3) is 5.72. The number of hydrogen-bond acceptors (Lipinski definition) is 7. The zero-order chi connectivity index (χ0) is 25.5. The van der Waals surface area contributed by atoms with Gasteiger partial charge in [-0.1, -0.05) is 66.7 Å². The van der Waals surface area contributed by atoms with Gasteiger partial charge in [0, 0.05) is 19.8 Å². The van der Waals surface area contributed by atoms with Crippen LogP contribution in [0.2, 0.25) is 0 Å². The van der Waals surface area contributed by atoms with Gasteiger partial charge < -0.3 is 23.7 Å². The average Bonchev–Trinajstić information content (AvgIpc) is 2.85. The minimum Gasteiger partial charge on any atom is -0.461 e. The summed E-state index contributed by atoms with van der Waals surface area (Å²) >= 11 is 0. The Morgan fingerprint density at radius 1 is 1.03 bits per heavy atom. The summed E-state index contributed by atoms with van der Waals surface area (Å²) in [6, 6.07) is 15.1. The van der Waals surface area contributed by atoms with Gasteiger partial charge in [0.2, 0.25) is 0 Å². The summed E-state index contributed by atoms with van der Waals surface area (Å²) in [5.74, 6) is -2.40. The smallest absolute Gasteiger partial charge is 0.432 e. The summed E-state index contributed by atoms with van der Waals surface area (Å²) in [6.07, 6.45) is -5.57. The number of carbonyl (C=O) groups excluding carboxylic acids is 2. The molecule has 0 aliphatic carbocycles. The maximum Gasteiger partial charge on any atom is 0.432 e. The second-order valence-corrected chi connectivity index (χ2v) is 7.58. The van der Waals surface area contributed by atoms with Crippen LogP contribution in [-0.2, 0) is 38.9 Å². The molecule has 0 saturated heterocycles. The zero-order valence-corrected chi connectivity index (χ0v) is 19.1. The van der Waals surface area contributed by atoms with Crippen molar-refractivity contribution in [3.63, 3.8) is 0 Å². The number of benzene rings is 2. The van der Waals surface area contributed by atoms with Crippen LogP contribution in [0.3, 0.4) is 0 Å². The molecule has 1 aliphatic rings. The van der Waals surface area contributed by atoms with E-state index in [-0.39, 0.29) is 13.2 Å². The van der Waals surface area contributed by atoms with Crippen LogP contribution >= 0.6 is 0 Å². The fourth-order valence-corrected chi connectivity index (χ4v) is 3.68. The van der Waals surface area contributed by atoms with Gasteiger partial charge in [-0.25, -0.2) is 9.59 Å². The van der Waals surface area contributed by atoms with E-state index in [0.717, 1.165) is 19.2 Å². The molecule has 2 aromatic carbocycles. The fourth-order valence-electron chi connectivity index (χ4n) is 3.68. The van der Waals surface area contributed by atoms with Crippen LogP contribution in [0.15, 0.2) is 72.8 Å². The second kappa shape index (κ2) is 11.5. The maximum atomic E-state index is 14.1. The molecule has 10 heteroatoms. The van der Waals surface area contributed by atoms with Crippen molar-refractivity contribution in [1.29, 1.82) is 0 Å². The van der Waals surface area contributed by atoms with Crippen molar-refractivity contribution >= 4 is 11.9 Å². The molecule has 0 fully saturated rings. The van der Waals surface area contributed by atoms with Crippen LogP contribution in [-0.4, -0.2) is 57.8 Å². The zero-order valence-electron chi connectivity index (χ0n) is 19.1. The molecule has 1 heterocycles. The normalized spacial score (nSPS) is 20.5. The van der Waals surface area contributed by atoms with Gasteiger partial charge in [0.15, 0.2) is 6.10 Å². The van der Waals surface area contributed by atoms with E-state index in [4.69, 9.17) is 23.7 Å². The van der Waals surface area contributed by atoms with Gasteiger partial charge in [0.1, 0.15) is 18.8 Å². The fraction of sp³-hybridized carbons (Fsp3) is 0.360. The van der Waals surface area contributed by atoms with Crippen molar-refractivity contribution in [3.05, 3.63) is 83.9 Å². The third-order valence-corrected chi connectivity index (χ3v) is 5.46. The molecule has 188 valence electrons. The predicted molar refractivity (Wildman–Crippen MR) is 117 cm³/mol. The van der Waals surface area contributed by atoms with Crippen LogP contribution in [0.1, 0.15) is 17.2 Å². The Hall–Kier alpha value is -3.21. The first-order valence-corrected chi connectivity index (χ1v) is 10.7. The van der Waals surface area contributed by atoms with Crippen molar-refractivity contribution in [3.8, 4) is 0 Å². The van der Waals surface area contributed by atoms with E-state index in [1.807, 2.05) is 0 Å². The Morgan fingerprint density at radius 3 is 2.23 bits per heavy atom. The van der Waals surface area contributed by atoms with Crippen LogP contribution < -0.4 is 0 Å². The van der Waals surface area contributed by atoms with Crippen molar-refractivity contribution in [1.82, 2.24) is 0 Å². The molecular formula is C25H25F3O7. The predicted octanol–water partition coefficient (Wildman–Crippen LogP) is 3.89. The lowest BCUT2D eigenvalue weighted by atomic mass is 9.92. The number of alkyl halides is 3. The highest BCUT2D eigenvalue weighted by Crippen LogP contribution is 2.43. The third-order valence-electron chi connectivity index (χ3n) is 5.46. The lowest BCUT2D eigenvalue weighted by molar-refractivity contribution is -0.279.